The van der Waals surface area contributed by atoms with Crippen LogP contribution in [0.2, 0.25) is 0 Å². The number of unbranched alkanes of at least 4 members (excludes halogenated alkanes) is 1. The monoisotopic (exact) mass is 404 g/mol. The number of hydrogen-bond acceptors (Lipinski definition) is 2. The van der Waals surface area contributed by atoms with Gasteiger partial charge in [0.1, 0.15) is 11.5 Å². The van der Waals surface area contributed by atoms with Crippen molar-refractivity contribution in [3.63, 3.8) is 0 Å². The van der Waals surface area contributed by atoms with Crippen LogP contribution in [-0.4, -0.2) is 21.9 Å². The first kappa shape index (κ1) is 21.2. The van der Waals surface area contributed by atoms with Crippen molar-refractivity contribution in [3.8, 4) is 0 Å². The Morgan fingerprint density at radius 1 is 1.00 bits per heavy atom. The van der Waals surface area contributed by atoms with E-state index in [0.717, 1.165) is 18.4 Å². The molecule has 154 valence electrons. The molecule has 0 saturated heterocycles. The van der Waals surface area contributed by atoms with Crippen molar-refractivity contribution in [2.24, 2.45) is 0 Å². The molecule has 30 heavy (non-hydrogen) atoms. The number of benzene rings is 2. The van der Waals surface area contributed by atoms with Crippen molar-refractivity contribution in [1.29, 1.82) is 0 Å². The number of nitrogens with zero attached hydrogens (tertiary/aromatic N) is 2. The highest BCUT2D eigenvalue weighted by molar-refractivity contribution is 6.18. The maximum atomic E-state index is 13.6. The van der Waals surface area contributed by atoms with Gasteiger partial charge in [-0.25, -0.2) is 4.39 Å². The third-order valence-corrected chi connectivity index (χ3v) is 4.76. The van der Waals surface area contributed by atoms with Gasteiger partial charge in [0, 0.05) is 25.4 Å². The van der Waals surface area contributed by atoms with Gasteiger partial charge in [0.2, 0.25) is 0 Å². The fraction of sp³-hybridized carbons (Fsp3) is 0.200. The summed E-state index contributed by atoms with van der Waals surface area (Å²) in [5, 5.41) is 0. The fourth-order valence-electron chi connectivity index (χ4n) is 3.14. The molecule has 3 rings (SSSR count). The van der Waals surface area contributed by atoms with E-state index in [4.69, 9.17) is 0 Å². The fourth-order valence-corrected chi connectivity index (χ4v) is 3.14. The molecule has 1 aromatic heterocycles. The molecule has 3 aromatic rings. The molecule has 0 bridgehead atoms. The highest BCUT2D eigenvalue weighted by Crippen LogP contribution is 2.17. The van der Waals surface area contributed by atoms with E-state index in [1.165, 1.54) is 22.8 Å². The number of hydrogen-bond donors (Lipinski definition) is 0. The highest BCUT2D eigenvalue weighted by atomic mass is 19.1. The molecule has 0 saturated carbocycles. The van der Waals surface area contributed by atoms with Crippen molar-refractivity contribution in [2.75, 3.05) is 6.54 Å². The number of halogens is 1. The summed E-state index contributed by atoms with van der Waals surface area (Å²) in [5.74, 6) is -0.601. The summed E-state index contributed by atoms with van der Waals surface area (Å²) < 4.78 is 14.7. The minimum absolute atomic E-state index is 0.235. The minimum Gasteiger partial charge on any atom is -0.333 e. The molecule has 0 atom stereocenters. The van der Waals surface area contributed by atoms with Crippen LogP contribution in [0.4, 0.5) is 4.39 Å². The SMILES string of the molecule is CCCCN(Cc1ccccc1)C(=O)/C(=C\c1ccc(F)cc1)n1ccccc1=O. The Hall–Kier alpha value is -3.47. The zero-order chi connectivity index (χ0) is 21.3. The van der Waals surface area contributed by atoms with E-state index in [9.17, 15) is 14.0 Å². The molecule has 5 heteroatoms. The van der Waals surface area contributed by atoms with E-state index in [1.807, 2.05) is 30.3 Å². The molecule has 4 nitrogen and oxygen atoms in total. The van der Waals surface area contributed by atoms with Gasteiger partial charge in [-0.1, -0.05) is 61.9 Å². The third-order valence-electron chi connectivity index (χ3n) is 4.76. The molecule has 0 aliphatic rings. The van der Waals surface area contributed by atoms with Crippen molar-refractivity contribution in [1.82, 2.24) is 9.47 Å². The summed E-state index contributed by atoms with van der Waals surface area (Å²) in [7, 11) is 0. The second-order valence-corrected chi connectivity index (χ2v) is 7.06. The topological polar surface area (TPSA) is 42.3 Å². The molecular weight excluding hydrogens is 379 g/mol. The van der Waals surface area contributed by atoms with E-state index >= 15 is 0 Å². The maximum Gasteiger partial charge on any atom is 0.271 e. The Morgan fingerprint density at radius 3 is 2.37 bits per heavy atom. The lowest BCUT2D eigenvalue weighted by molar-refractivity contribution is -0.126. The van der Waals surface area contributed by atoms with Gasteiger partial charge in [-0.3, -0.25) is 14.2 Å². The Balaban J connectivity index is 2.03. The van der Waals surface area contributed by atoms with Gasteiger partial charge in [0.15, 0.2) is 0 Å². The summed E-state index contributed by atoms with van der Waals surface area (Å²) in [6, 6.07) is 20.4. The average molecular weight is 404 g/mol. The van der Waals surface area contributed by atoms with Gasteiger partial charge in [-0.05, 0) is 41.8 Å². The van der Waals surface area contributed by atoms with Crippen molar-refractivity contribution in [3.05, 3.63) is 106 Å². The second-order valence-electron chi connectivity index (χ2n) is 7.06. The van der Waals surface area contributed by atoms with Gasteiger partial charge in [-0.15, -0.1) is 0 Å². The van der Waals surface area contributed by atoms with Crippen LogP contribution in [0, 0.1) is 5.82 Å². The molecule has 0 radical (unpaired) electrons. The van der Waals surface area contributed by atoms with E-state index < -0.39 is 0 Å². The van der Waals surface area contributed by atoms with Crippen LogP contribution in [0.25, 0.3) is 11.8 Å². The van der Waals surface area contributed by atoms with Crippen LogP contribution in [-0.2, 0) is 11.3 Å². The van der Waals surface area contributed by atoms with Gasteiger partial charge >= 0.3 is 0 Å². The maximum absolute atomic E-state index is 13.6. The normalized spacial score (nSPS) is 11.3. The minimum atomic E-state index is -0.356. The predicted octanol–water partition coefficient (Wildman–Crippen LogP) is 4.81. The third kappa shape index (κ3) is 5.54. The number of carbonyl (C=O) groups excluding carboxylic acids is 1. The van der Waals surface area contributed by atoms with Crippen LogP contribution in [0.1, 0.15) is 30.9 Å². The van der Waals surface area contributed by atoms with Crippen molar-refractivity contribution >= 4 is 17.7 Å². The molecule has 0 unspecified atom stereocenters. The van der Waals surface area contributed by atoms with Crippen LogP contribution >= 0.6 is 0 Å². The molecule has 0 aliphatic carbocycles. The first-order valence-electron chi connectivity index (χ1n) is 10.1. The Bertz CT molecular complexity index is 1060. The zero-order valence-corrected chi connectivity index (χ0v) is 17.0. The van der Waals surface area contributed by atoms with E-state index in [-0.39, 0.29) is 23.0 Å². The first-order valence-corrected chi connectivity index (χ1v) is 10.1. The Kier molecular flexibility index (Phi) is 7.33. The van der Waals surface area contributed by atoms with E-state index in [1.54, 1.807) is 41.4 Å². The summed E-state index contributed by atoms with van der Waals surface area (Å²) in [5.41, 5.74) is 1.60. The smallest absolute Gasteiger partial charge is 0.271 e. The number of pyridine rings is 1. The Labute approximate surface area is 175 Å². The highest BCUT2D eigenvalue weighted by Gasteiger charge is 2.20. The lowest BCUT2D eigenvalue weighted by atomic mass is 10.1. The summed E-state index contributed by atoms with van der Waals surface area (Å²) in [4.78, 5) is 27.9. The number of carbonyl (C=O) groups is 1. The average Bonchev–Trinajstić information content (AvgIpc) is 2.77. The number of rotatable bonds is 8. The summed E-state index contributed by atoms with van der Waals surface area (Å²) in [6.07, 6.45) is 5.01. The molecular formula is C25H25FN2O2. The van der Waals surface area contributed by atoms with Crippen LogP contribution in [0.5, 0.6) is 0 Å². The standard InChI is InChI=1S/C25H25FN2O2/c1-2-3-16-27(19-21-9-5-4-6-10-21)25(30)23(28-17-8-7-11-24(28)29)18-20-12-14-22(26)15-13-20/h4-15,17-18H,2-3,16,19H2,1H3/b23-18+. The molecule has 0 aliphatic heterocycles. The lowest BCUT2D eigenvalue weighted by Crippen LogP contribution is -2.35. The zero-order valence-electron chi connectivity index (χ0n) is 17.0. The quantitative estimate of drug-likeness (QED) is 0.506. The Morgan fingerprint density at radius 2 is 1.70 bits per heavy atom. The predicted molar refractivity (Wildman–Crippen MR) is 118 cm³/mol. The molecule has 2 aromatic carbocycles. The van der Waals surface area contributed by atoms with Crippen LogP contribution < -0.4 is 5.56 Å². The molecule has 0 spiro atoms. The summed E-state index contributed by atoms with van der Waals surface area (Å²) >= 11 is 0. The van der Waals surface area contributed by atoms with Crippen LogP contribution in [0.3, 0.4) is 0 Å². The van der Waals surface area contributed by atoms with Crippen LogP contribution in [0.15, 0.2) is 83.8 Å². The van der Waals surface area contributed by atoms with Gasteiger partial charge in [-0.2, -0.15) is 0 Å². The van der Waals surface area contributed by atoms with E-state index in [0.29, 0.717) is 18.7 Å². The molecule has 0 N–H and O–H groups in total. The van der Waals surface area contributed by atoms with E-state index in [2.05, 4.69) is 6.92 Å². The van der Waals surface area contributed by atoms with Gasteiger partial charge < -0.3 is 4.90 Å². The number of aromatic nitrogens is 1. The molecule has 0 fully saturated rings. The van der Waals surface area contributed by atoms with Gasteiger partial charge in [0.25, 0.3) is 11.5 Å². The van der Waals surface area contributed by atoms with Gasteiger partial charge in [0.05, 0.1) is 0 Å². The lowest BCUT2D eigenvalue weighted by Gasteiger charge is -2.25. The molecule has 1 amide bonds. The number of amides is 1. The largest absolute Gasteiger partial charge is 0.333 e. The van der Waals surface area contributed by atoms with Crippen molar-refractivity contribution in [2.45, 2.75) is 26.3 Å². The first-order chi connectivity index (χ1) is 14.6. The van der Waals surface area contributed by atoms with Crippen molar-refractivity contribution < 1.29 is 9.18 Å². The summed E-state index contributed by atoms with van der Waals surface area (Å²) in [6.45, 7) is 3.09. The molecule has 1 heterocycles. The second kappa shape index (κ2) is 10.3.